The van der Waals surface area contributed by atoms with Gasteiger partial charge in [0.15, 0.2) is 0 Å². The zero-order valence-electron chi connectivity index (χ0n) is 12.2. The Morgan fingerprint density at radius 1 is 1.38 bits per heavy atom. The minimum atomic E-state index is -1.05. The van der Waals surface area contributed by atoms with Gasteiger partial charge in [0.25, 0.3) is 0 Å². The third-order valence-corrected chi connectivity index (χ3v) is 3.59. The van der Waals surface area contributed by atoms with E-state index in [2.05, 4.69) is 20.6 Å². The second-order valence-corrected chi connectivity index (χ2v) is 5.34. The summed E-state index contributed by atoms with van der Waals surface area (Å²) < 4.78 is 0. The number of nitrogens with zero attached hydrogens (tertiary/aromatic N) is 2. The van der Waals surface area contributed by atoms with Crippen molar-refractivity contribution in [3.05, 3.63) is 11.8 Å². The normalized spacial score (nSPS) is 21.8. The van der Waals surface area contributed by atoms with Gasteiger partial charge >= 0.3 is 5.97 Å². The predicted molar refractivity (Wildman–Crippen MR) is 79.7 cm³/mol. The number of aromatic nitrogens is 2. The molecule has 1 heterocycles. The van der Waals surface area contributed by atoms with Gasteiger partial charge in [-0.25, -0.2) is 9.78 Å². The fourth-order valence-electron chi connectivity index (χ4n) is 2.38. The summed E-state index contributed by atoms with van der Waals surface area (Å²) in [5.74, 6) is -0.270. The van der Waals surface area contributed by atoms with Crippen molar-refractivity contribution in [1.82, 2.24) is 9.97 Å². The van der Waals surface area contributed by atoms with E-state index >= 15 is 0 Å². The monoisotopic (exact) mass is 294 g/mol. The van der Waals surface area contributed by atoms with Crippen molar-refractivity contribution < 1.29 is 15.0 Å². The highest BCUT2D eigenvalue weighted by Gasteiger charge is 2.22. The van der Waals surface area contributed by atoms with Gasteiger partial charge in [-0.2, -0.15) is 4.98 Å². The second-order valence-electron chi connectivity index (χ2n) is 5.34. The summed E-state index contributed by atoms with van der Waals surface area (Å²) in [7, 11) is 0. The fourth-order valence-corrected chi connectivity index (χ4v) is 2.38. The first-order valence-corrected chi connectivity index (χ1v) is 7.39. The number of rotatable bonds is 6. The molecule has 0 atom stereocenters. The molecular weight excluding hydrogens is 272 g/mol. The third-order valence-electron chi connectivity index (χ3n) is 3.59. The highest BCUT2D eigenvalue weighted by atomic mass is 16.4. The van der Waals surface area contributed by atoms with E-state index < -0.39 is 5.97 Å². The number of carbonyl (C=O) groups is 1. The van der Waals surface area contributed by atoms with E-state index in [4.69, 9.17) is 0 Å². The molecule has 0 amide bonds. The van der Waals surface area contributed by atoms with E-state index in [0.29, 0.717) is 11.8 Å². The van der Waals surface area contributed by atoms with Crippen molar-refractivity contribution in [2.45, 2.75) is 51.2 Å². The minimum absolute atomic E-state index is 0.0724. The number of anilines is 2. The largest absolute Gasteiger partial charge is 0.477 e. The standard InChI is InChI=1S/C14H22N4O3/c1-2-7-15-14-16-8-11(13(20)21)12(18-14)17-9-3-5-10(19)6-4-9/h8-10,19H,2-7H2,1H3,(H,20,21)(H2,15,16,17,18). The van der Waals surface area contributed by atoms with Gasteiger partial charge in [0.05, 0.1) is 6.10 Å². The summed E-state index contributed by atoms with van der Waals surface area (Å²) in [6.07, 6.45) is 5.09. The molecule has 1 saturated carbocycles. The van der Waals surface area contributed by atoms with Crippen LogP contribution in [0.1, 0.15) is 49.4 Å². The van der Waals surface area contributed by atoms with Gasteiger partial charge in [-0.05, 0) is 32.1 Å². The van der Waals surface area contributed by atoms with Gasteiger partial charge in [0.2, 0.25) is 5.95 Å². The van der Waals surface area contributed by atoms with Crippen LogP contribution in [0.15, 0.2) is 6.20 Å². The van der Waals surface area contributed by atoms with Crippen molar-refractivity contribution in [2.24, 2.45) is 0 Å². The quantitative estimate of drug-likeness (QED) is 0.632. The number of hydrogen-bond acceptors (Lipinski definition) is 6. The Hall–Kier alpha value is -1.89. The van der Waals surface area contributed by atoms with E-state index in [1.54, 1.807) is 0 Å². The number of aliphatic hydroxyl groups is 1. The Labute approximate surface area is 123 Å². The first-order chi connectivity index (χ1) is 10.1. The summed E-state index contributed by atoms with van der Waals surface area (Å²) in [6, 6.07) is 0.139. The molecule has 7 heteroatoms. The Morgan fingerprint density at radius 2 is 2.10 bits per heavy atom. The molecule has 21 heavy (non-hydrogen) atoms. The Morgan fingerprint density at radius 3 is 2.71 bits per heavy atom. The lowest BCUT2D eigenvalue weighted by Crippen LogP contribution is -2.29. The Balaban J connectivity index is 2.12. The van der Waals surface area contributed by atoms with Crippen LogP contribution in [0.3, 0.4) is 0 Å². The third kappa shape index (κ3) is 4.29. The Bertz CT molecular complexity index is 487. The number of carboxylic acids is 1. The van der Waals surface area contributed by atoms with E-state index in [1.807, 2.05) is 6.92 Å². The smallest absolute Gasteiger partial charge is 0.341 e. The van der Waals surface area contributed by atoms with Crippen LogP contribution in [0.2, 0.25) is 0 Å². The highest BCUT2D eigenvalue weighted by Crippen LogP contribution is 2.23. The number of nitrogens with one attached hydrogen (secondary N) is 2. The van der Waals surface area contributed by atoms with E-state index in [9.17, 15) is 15.0 Å². The van der Waals surface area contributed by atoms with Gasteiger partial charge in [-0.3, -0.25) is 0 Å². The molecular formula is C14H22N4O3. The predicted octanol–water partition coefficient (Wildman–Crippen LogP) is 1.71. The maximum atomic E-state index is 11.3. The first-order valence-electron chi connectivity index (χ1n) is 7.39. The lowest BCUT2D eigenvalue weighted by atomic mass is 9.93. The molecule has 2 rings (SSSR count). The zero-order chi connectivity index (χ0) is 15.2. The van der Waals surface area contributed by atoms with Crippen LogP contribution in [0.5, 0.6) is 0 Å². The van der Waals surface area contributed by atoms with Crippen LogP contribution < -0.4 is 10.6 Å². The molecule has 0 saturated heterocycles. The van der Waals surface area contributed by atoms with Crippen LogP contribution in [0.25, 0.3) is 0 Å². The van der Waals surface area contributed by atoms with E-state index in [1.165, 1.54) is 6.20 Å². The van der Waals surface area contributed by atoms with Gasteiger partial charge in [0.1, 0.15) is 11.4 Å². The molecule has 0 aliphatic heterocycles. The van der Waals surface area contributed by atoms with Gasteiger partial charge in [0, 0.05) is 18.8 Å². The van der Waals surface area contributed by atoms with Crippen LogP contribution in [-0.2, 0) is 0 Å². The maximum absolute atomic E-state index is 11.3. The molecule has 0 bridgehead atoms. The molecule has 1 aliphatic rings. The van der Waals surface area contributed by atoms with E-state index in [0.717, 1.165) is 38.6 Å². The van der Waals surface area contributed by atoms with Crippen LogP contribution in [-0.4, -0.2) is 44.8 Å². The van der Waals surface area contributed by atoms with Crippen molar-refractivity contribution >= 4 is 17.7 Å². The molecule has 0 unspecified atom stereocenters. The van der Waals surface area contributed by atoms with Crippen molar-refractivity contribution in [1.29, 1.82) is 0 Å². The van der Waals surface area contributed by atoms with Gasteiger partial charge in [-0.1, -0.05) is 6.92 Å². The van der Waals surface area contributed by atoms with Crippen LogP contribution in [0.4, 0.5) is 11.8 Å². The average molecular weight is 294 g/mol. The summed E-state index contributed by atoms with van der Waals surface area (Å²) in [5, 5.41) is 25.0. The first kappa shape index (κ1) is 15.5. The van der Waals surface area contributed by atoms with Crippen LogP contribution in [0, 0.1) is 0 Å². The van der Waals surface area contributed by atoms with Crippen LogP contribution >= 0.6 is 0 Å². The maximum Gasteiger partial charge on any atom is 0.341 e. The summed E-state index contributed by atoms with van der Waals surface area (Å²) in [4.78, 5) is 19.5. The number of aliphatic hydroxyl groups excluding tert-OH is 1. The molecule has 7 nitrogen and oxygen atoms in total. The SMILES string of the molecule is CCCNc1ncc(C(=O)O)c(NC2CCC(O)CC2)n1. The highest BCUT2D eigenvalue weighted by molar-refractivity contribution is 5.93. The summed E-state index contributed by atoms with van der Waals surface area (Å²) in [5.41, 5.74) is 0.0724. The second kappa shape index (κ2) is 7.21. The molecule has 0 spiro atoms. The summed E-state index contributed by atoms with van der Waals surface area (Å²) in [6.45, 7) is 2.77. The molecule has 0 aromatic carbocycles. The number of carboxylic acid groups (broad SMARTS) is 1. The van der Waals surface area contributed by atoms with Crippen molar-refractivity contribution in [2.75, 3.05) is 17.2 Å². The molecule has 1 aromatic rings. The van der Waals surface area contributed by atoms with Crippen molar-refractivity contribution in [3.8, 4) is 0 Å². The molecule has 4 N–H and O–H groups in total. The number of aromatic carboxylic acids is 1. The minimum Gasteiger partial charge on any atom is -0.477 e. The molecule has 116 valence electrons. The van der Waals surface area contributed by atoms with Crippen molar-refractivity contribution in [3.63, 3.8) is 0 Å². The molecule has 1 aromatic heterocycles. The molecule has 1 aliphatic carbocycles. The Kier molecular flexibility index (Phi) is 5.32. The lowest BCUT2D eigenvalue weighted by molar-refractivity contribution is 0.0696. The number of hydrogen-bond donors (Lipinski definition) is 4. The van der Waals surface area contributed by atoms with Gasteiger partial charge in [-0.15, -0.1) is 0 Å². The zero-order valence-corrected chi connectivity index (χ0v) is 12.2. The summed E-state index contributed by atoms with van der Waals surface area (Å²) >= 11 is 0. The molecule has 0 radical (unpaired) electrons. The fraction of sp³-hybridized carbons (Fsp3) is 0.643. The van der Waals surface area contributed by atoms with E-state index in [-0.39, 0.29) is 17.7 Å². The topological polar surface area (TPSA) is 107 Å². The molecule has 1 fully saturated rings. The lowest BCUT2D eigenvalue weighted by Gasteiger charge is -2.27. The average Bonchev–Trinajstić information content (AvgIpc) is 2.47. The van der Waals surface area contributed by atoms with Gasteiger partial charge < -0.3 is 20.8 Å².